The number of rotatable bonds is 4. The van der Waals surface area contributed by atoms with Gasteiger partial charge in [0.1, 0.15) is 5.75 Å². The molecule has 7 heteroatoms. The molecule has 0 saturated heterocycles. The quantitative estimate of drug-likeness (QED) is 0.649. The number of nitrogens with zero attached hydrogens (tertiary/aromatic N) is 1. The van der Waals surface area contributed by atoms with Crippen molar-refractivity contribution in [2.45, 2.75) is 13.0 Å². The summed E-state index contributed by atoms with van der Waals surface area (Å²) in [5, 5.41) is 21.0. The van der Waals surface area contributed by atoms with E-state index in [0.29, 0.717) is 5.56 Å². The Morgan fingerprint density at radius 1 is 1.19 bits per heavy atom. The van der Waals surface area contributed by atoms with Crippen LogP contribution in [0, 0.1) is 10.1 Å². The molecule has 0 aliphatic heterocycles. The van der Waals surface area contributed by atoms with E-state index in [4.69, 9.17) is 27.9 Å². The molecule has 0 saturated carbocycles. The second kappa shape index (κ2) is 6.30. The lowest BCUT2D eigenvalue weighted by atomic mass is 10.1. The summed E-state index contributed by atoms with van der Waals surface area (Å²) in [6, 6.07) is 8.82. The van der Waals surface area contributed by atoms with Crippen LogP contribution in [0.2, 0.25) is 10.0 Å². The highest BCUT2D eigenvalue weighted by molar-refractivity contribution is 6.32. The summed E-state index contributed by atoms with van der Waals surface area (Å²) in [4.78, 5) is 10.4. The summed E-state index contributed by atoms with van der Waals surface area (Å²) < 4.78 is 5.48. The van der Waals surface area contributed by atoms with Gasteiger partial charge < -0.3 is 9.84 Å². The van der Waals surface area contributed by atoms with E-state index < -0.39 is 11.0 Å². The van der Waals surface area contributed by atoms with Gasteiger partial charge in [0.2, 0.25) is 5.75 Å². The Morgan fingerprint density at radius 2 is 1.86 bits per heavy atom. The maximum atomic E-state index is 11.0. The third kappa shape index (κ3) is 3.64. The molecular weight excluding hydrogens is 317 g/mol. The van der Waals surface area contributed by atoms with Gasteiger partial charge in [-0.15, -0.1) is 0 Å². The third-order valence-electron chi connectivity index (χ3n) is 2.78. The van der Waals surface area contributed by atoms with Gasteiger partial charge in [-0.05, 0) is 36.8 Å². The maximum Gasteiger partial charge on any atom is 0.313 e. The van der Waals surface area contributed by atoms with E-state index in [2.05, 4.69) is 0 Å². The largest absolute Gasteiger partial charge is 0.449 e. The zero-order valence-electron chi connectivity index (χ0n) is 10.9. The van der Waals surface area contributed by atoms with Gasteiger partial charge in [0, 0.05) is 11.1 Å². The lowest BCUT2D eigenvalue weighted by Crippen LogP contribution is -1.95. The highest BCUT2D eigenvalue weighted by atomic mass is 35.5. The second-order valence-electron chi connectivity index (χ2n) is 4.34. The lowest BCUT2D eigenvalue weighted by molar-refractivity contribution is -0.385. The number of benzene rings is 2. The van der Waals surface area contributed by atoms with Gasteiger partial charge in [0.05, 0.1) is 16.0 Å². The monoisotopic (exact) mass is 327 g/mol. The molecule has 1 atom stereocenters. The summed E-state index contributed by atoms with van der Waals surface area (Å²) in [7, 11) is 0. The molecule has 0 unspecified atom stereocenters. The topological polar surface area (TPSA) is 72.6 Å². The van der Waals surface area contributed by atoms with Crippen LogP contribution in [-0.2, 0) is 0 Å². The lowest BCUT2D eigenvalue weighted by Gasteiger charge is -2.11. The van der Waals surface area contributed by atoms with E-state index in [0.717, 1.165) is 0 Å². The van der Waals surface area contributed by atoms with Gasteiger partial charge in [-0.25, -0.2) is 0 Å². The fourth-order valence-electron chi connectivity index (χ4n) is 1.70. The van der Waals surface area contributed by atoms with Gasteiger partial charge in [-0.3, -0.25) is 10.1 Å². The van der Waals surface area contributed by atoms with Crippen molar-refractivity contribution in [3.8, 4) is 11.5 Å². The smallest absolute Gasteiger partial charge is 0.313 e. The molecule has 0 aromatic heterocycles. The predicted octanol–water partition coefficient (Wildman–Crippen LogP) is 4.75. The number of aliphatic hydroxyl groups is 1. The molecule has 0 aliphatic rings. The average molecular weight is 328 g/mol. The van der Waals surface area contributed by atoms with E-state index in [9.17, 15) is 15.2 Å². The zero-order valence-corrected chi connectivity index (χ0v) is 12.4. The number of hydrogen-bond donors (Lipinski definition) is 1. The van der Waals surface area contributed by atoms with Gasteiger partial charge >= 0.3 is 5.69 Å². The minimum absolute atomic E-state index is 0.0381. The van der Waals surface area contributed by atoms with Crippen LogP contribution in [0.3, 0.4) is 0 Å². The number of nitro benzene ring substituents is 1. The van der Waals surface area contributed by atoms with Crippen molar-refractivity contribution in [2.75, 3.05) is 0 Å². The predicted molar refractivity (Wildman–Crippen MR) is 80.3 cm³/mol. The Bertz CT molecular complexity index is 689. The standard InChI is InChI=1S/C14H11Cl2NO4/c1-8(18)9-2-4-13(11(16)6-9)21-14-5-3-10(15)7-12(14)17(19)20/h2-8,18H,1H3/t8-/m0/s1. The molecule has 0 aliphatic carbocycles. The van der Waals surface area contributed by atoms with E-state index >= 15 is 0 Å². The summed E-state index contributed by atoms with van der Waals surface area (Å²) in [6.45, 7) is 1.61. The maximum absolute atomic E-state index is 11.0. The molecular formula is C14H11Cl2NO4. The SMILES string of the molecule is C[C@H](O)c1ccc(Oc2ccc(Cl)cc2[N+](=O)[O-])c(Cl)c1. The Balaban J connectivity index is 2.37. The first-order chi connectivity index (χ1) is 9.88. The van der Waals surface area contributed by atoms with Crippen molar-refractivity contribution < 1.29 is 14.8 Å². The second-order valence-corrected chi connectivity index (χ2v) is 5.18. The summed E-state index contributed by atoms with van der Waals surface area (Å²) >= 11 is 11.8. The van der Waals surface area contributed by atoms with Crippen molar-refractivity contribution in [2.24, 2.45) is 0 Å². The van der Waals surface area contributed by atoms with E-state index in [-0.39, 0.29) is 27.2 Å². The highest BCUT2D eigenvalue weighted by Gasteiger charge is 2.17. The van der Waals surface area contributed by atoms with E-state index in [1.807, 2.05) is 0 Å². The summed E-state index contributed by atoms with van der Waals surface area (Å²) in [6.07, 6.45) is -0.665. The van der Waals surface area contributed by atoms with Crippen LogP contribution in [0.15, 0.2) is 36.4 Å². The summed E-state index contributed by atoms with van der Waals surface area (Å²) in [5.41, 5.74) is 0.371. The van der Waals surface area contributed by atoms with Gasteiger partial charge in [-0.1, -0.05) is 29.3 Å². The van der Waals surface area contributed by atoms with E-state index in [1.165, 1.54) is 18.2 Å². The Morgan fingerprint density at radius 3 is 2.43 bits per heavy atom. The van der Waals surface area contributed by atoms with Crippen molar-refractivity contribution in [3.05, 3.63) is 62.1 Å². The minimum atomic E-state index is -0.665. The van der Waals surface area contributed by atoms with Crippen LogP contribution < -0.4 is 4.74 Å². The molecule has 2 rings (SSSR count). The first kappa shape index (κ1) is 15.6. The third-order valence-corrected chi connectivity index (χ3v) is 3.31. The molecule has 0 bridgehead atoms. The molecule has 21 heavy (non-hydrogen) atoms. The number of aliphatic hydroxyl groups excluding tert-OH is 1. The van der Waals surface area contributed by atoms with Crippen molar-refractivity contribution in [3.63, 3.8) is 0 Å². The molecule has 2 aromatic carbocycles. The highest BCUT2D eigenvalue weighted by Crippen LogP contribution is 2.37. The molecule has 5 nitrogen and oxygen atoms in total. The van der Waals surface area contributed by atoms with Crippen molar-refractivity contribution >= 4 is 28.9 Å². The van der Waals surface area contributed by atoms with Gasteiger partial charge in [-0.2, -0.15) is 0 Å². The van der Waals surface area contributed by atoms with Crippen molar-refractivity contribution in [1.29, 1.82) is 0 Å². The van der Waals surface area contributed by atoms with Crippen LogP contribution in [0.5, 0.6) is 11.5 Å². The van der Waals surface area contributed by atoms with E-state index in [1.54, 1.807) is 25.1 Å². The first-order valence-corrected chi connectivity index (χ1v) is 6.73. The van der Waals surface area contributed by atoms with Gasteiger partial charge in [0.15, 0.2) is 0 Å². The molecule has 0 amide bonds. The molecule has 110 valence electrons. The number of hydrogen-bond acceptors (Lipinski definition) is 4. The molecule has 0 fully saturated rings. The number of halogens is 2. The Kier molecular flexibility index (Phi) is 4.67. The first-order valence-electron chi connectivity index (χ1n) is 5.98. The van der Waals surface area contributed by atoms with Crippen molar-refractivity contribution in [1.82, 2.24) is 0 Å². The number of nitro groups is 1. The molecule has 0 radical (unpaired) electrons. The molecule has 1 N–H and O–H groups in total. The summed E-state index contributed by atoms with van der Waals surface area (Å²) in [5.74, 6) is 0.294. The minimum Gasteiger partial charge on any atom is -0.449 e. The van der Waals surface area contributed by atoms with Crippen LogP contribution in [-0.4, -0.2) is 10.0 Å². The van der Waals surface area contributed by atoms with Crippen LogP contribution in [0.25, 0.3) is 0 Å². The van der Waals surface area contributed by atoms with Crippen LogP contribution in [0.1, 0.15) is 18.6 Å². The average Bonchev–Trinajstić information content (AvgIpc) is 2.42. The van der Waals surface area contributed by atoms with Crippen LogP contribution in [0.4, 0.5) is 5.69 Å². The fourth-order valence-corrected chi connectivity index (χ4v) is 2.09. The van der Waals surface area contributed by atoms with Gasteiger partial charge in [0.25, 0.3) is 0 Å². The Labute approximate surface area is 130 Å². The van der Waals surface area contributed by atoms with Crippen LogP contribution >= 0.6 is 23.2 Å². The normalized spacial score (nSPS) is 12.0. The Hall–Kier alpha value is -1.82. The molecule has 0 spiro atoms. The number of ether oxygens (including phenoxy) is 1. The zero-order chi connectivity index (χ0) is 15.6. The fraction of sp³-hybridized carbons (Fsp3) is 0.143. The molecule has 2 aromatic rings. The molecule has 0 heterocycles.